The molecule has 0 aliphatic carbocycles. The lowest BCUT2D eigenvalue weighted by Crippen LogP contribution is -2.15. The summed E-state index contributed by atoms with van der Waals surface area (Å²) in [4.78, 5) is 20.7. The van der Waals surface area contributed by atoms with Crippen molar-refractivity contribution in [3.63, 3.8) is 0 Å². The standard InChI is InChI=1S/C20H20N4O3/c1-3-27-15-10-8-14(9-11-15)23-19-12-17(21-13-22-19)20(25)24-16-6-4-5-7-18(16)26-2/h4-13H,3H2,1-2H3,(H,24,25)(H,21,22,23). The molecule has 2 N–H and O–H groups in total. The molecule has 1 heterocycles. The number of carbonyl (C=O) groups is 1. The highest BCUT2D eigenvalue weighted by Gasteiger charge is 2.12. The van der Waals surface area contributed by atoms with Crippen molar-refractivity contribution < 1.29 is 14.3 Å². The first-order valence-electron chi connectivity index (χ1n) is 8.46. The average molecular weight is 364 g/mol. The maximum Gasteiger partial charge on any atom is 0.274 e. The van der Waals surface area contributed by atoms with Gasteiger partial charge in [-0.2, -0.15) is 0 Å². The molecule has 3 rings (SSSR count). The summed E-state index contributed by atoms with van der Waals surface area (Å²) < 4.78 is 10.7. The summed E-state index contributed by atoms with van der Waals surface area (Å²) in [5.41, 5.74) is 1.64. The van der Waals surface area contributed by atoms with E-state index in [1.165, 1.54) is 6.33 Å². The Balaban J connectivity index is 1.72. The van der Waals surface area contributed by atoms with Crippen LogP contribution in [-0.2, 0) is 0 Å². The summed E-state index contributed by atoms with van der Waals surface area (Å²) in [6, 6.07) is 16.2. The van der Waals surface area contributed by atoms with Gasteiger partial charge in [0.1, 0.15) is 29.3 Å². The summed E-state index contributed by atoms with van der Waals surface area (Å²) in [7, 11) is 1.55. The molecular formula is C20H20N4O3. The second-order valence-corrected chi connectivity index (χ2v) is 5.53. The van der Waals surface area contributed by atoms with E-state index in [0.29, 0.717) is 23.9 Å². The number of hydrogen-bond acceptors (Lipinski definition) is 6. The van der Waals surface area contributed by atoms with Gasteiger partial charge in [-0.25, -0.2) is 9.97 Å². The van der Waals surface area contributed by atoms with Crippen LogP contribution in [0.4, 0.5) is 17.2 Å². The molecule has 0 saturated heterocycles. The second kappa shape index (κ2) is 8.66. The third kappa shape index (κ3) is 4.72. The van der Waals surface area contributed by atoms with Gasteiger partial charge in [-0.3, -0.25) is 4.79 Å². The van der Waals surface area contributed by atoms with Crippen molar-refractivity contribution >= 4 is 23.1 Å². The van der Waals surface area contributed by atoms with Gasteiger partial charge in [0.2, 0.25) is 0 Å². The predicted octanol–water partition coefficient (Wildman–Crippen LogP) is 3.88. The zero-order chi connectivity index (χ0) is 19.1. The van der Waals surface area contributed by atoms with Gasteiger partial charge in [-0.05, 0) is 43.3 Å². The number of rotatable bonds is 7. The minimum absolute atomic E-state index is 0.240. The number of aromatic nitrogens is 2. The van der Waals surface area contributed by atoms with E-state index in [4.69, 9.17) is 9.47 Å². The maximum absolute atomic E-state index is 12.5. The quantitative estimate of drug-likeness (QED) is 0.662. The summed E-state index contributed by atoms with van der Waals surface area (Å²) >= 11 is 0. The lowest BCUT2D eigenvalue weighted by molar-refractivity contribution is 0.102. The lowest BCUT2D eigenvalue weighted by atomic mass is 10.2. The van der Waals surface area contributed by atoms with Crippen LogP contribution in [0.15, 0.2) is 60.9 Å². The number of carbonyl (C=O) groups excluding carboxylic acids is 1. The van der Waals surface area contributed by atoms with E-state index < -0.39 is 0 Å². The van der Waals surface area contributed by atoms with E-state index >= 15 is 0 Å². The van der Waals surface area contributed by atoms with Crippen molar-refractivity contribution in [2.75, 3.05) is 24.4 Å². The number of anilines is 3. The number of benzene rings is 2. The molecule has 0 aliphatic rings. The summed E-state index contributed by atoms with van der Waals surface area (Å²) in [5, 5.41) is 5.94. The largest absolute Gasteiger partial charge is 0.495 e. The van der Waals surface area contributed by atoms with Crippen LogP contribution in [0.5, 0.6) is 11.5 Å². The maximum atomic E-state index is 12.5. The Morgan fingerprint density at radius 2 is 1.85 bits per heavy atom. The van der Waals surface area contributed by atoms with Crippen LogP contribution >= 0.6 is 0 Å². The minimum Gasteiger partial charge on any atom is -0.495 e. The van der Waals surface area contributed by atoms with Crippen molar-refractivity contribution in [2.24, 2.45) is 0 Å². The van der Waals surface area contributed by atoms with Crippen LogP contribution in [-0.4, -0.2) is 29.6 Å². The number of nitrogens with one attached hydrogen (secondary N) is 2. The molecule has 7 heteroatoms. The van der Waals surface area contributed by atoms with Crippen LogP contribution in [0.25, 0.3) is 0 Å². The van der Waals surface area contributed by atoms with Crippen LogP contribution in [0.2, 0.25) is 0 Å². The van der Waals surface area contributed by atoms with Crippen LogP contribution in [0.3, 0.4) is 0 Å². The fourth-order valence-electron chi connectivity index (χ4n) is 2.43. The average Bonchev–Trinajstić information content (AvgIpc) is 2.70. The molecule has 0 radical (unpaired) electrons. The van der Waals surface area contributed by atoms with Crippen molar-refractivity contribution in [3.8, 4) is 11.5 Å². The predicted molar refractivity (Wildman–Crippen MR) is 104 cm³/mol. The van der Waals surface area contributed by atoms with E-state index in [-0.39, 0.29) is 11.6 Å². The Morgan fingerprint density at radius 3 is 2.59 bits per heavy atom. The van der Waals surface area contributed by atoms with E-state index in [9.17, 15) is 4.79 Å². The first-order chi connectivity index (χ1) is 13.2. The van der Waals surface area contributed by atoms with Gasteiger partial charge in [0.05, 0.1) is 19.4 Å². The SMILES string of the molecule is CCOc1ccc(Nc2cc(C(=O)Nc3ccccc3OC)ncn2)cc1. The number of hydrogen-bond donors (Lipinski definition) is 2. The minimum atomic E-state index is -0.350. The molecule has 0 saturated carbocycles. The second-order valence-electron chi connectivity index (χ2n) is 5.53. The smallest absolute Gasteiger partial charge is 0.274 e. The zero-order valence-corrected chi connectivity index (χ0v) is 15.1. The van der Waals surface area contributed by atoms with Crippen LogP contribution in [0, 0.1) is 0 Å². The first-order valence-corrected chi connectivity index (χ1v) is 8.46. The number of amides is 1. The number of para-hydroxylation sites is 2. The van der Waals surface area contributed by atoms with Gasteiger partial charge in [0.15, 0.2) is 0 Å². The van der Waals surface area contributed by atoms with E-state index in [1.807, 2.05) is 43.3 Å². The highest BCUT2D eigenvalue weighted by molar-refractivity contribution is 6.04. The summed E-state index contributed by atoms with van der Waals surface area (Å²) in [6.45, 7) is 2.55. The normalized spacial score (nSPS) is 10.1. The molecule has 0 spiro atoms. The molecule has 0 unspecified atom stereocenters. The number of nitrogens with zero attached hydrogens (tertiary/aromatic N) is 2. The molecular weight excluding hydrogens is 344 g/mol. The van der Waals surface area contributed by atoms with Crippen LogP contribution < -0.4 is 20.1 Å². The third-order valence-corrected chi connectivity index (χ3v) is 3.69. The number of ether oxygens (including phenoxy) is 2. The van der Waals surface area contributed by atoms with Crippen molar-refractivity contribution in [1.29, 1.82) is 0 Å². The van der Waals surface area contributed by atoms with Crippen molar-refractivity contribution in [1.82, 2.24) is 9.97 Å². The van der Waals surface area contributed by atoms with Crippen molar-refractivity contribution in [2.45, 2.75) is 6.92 Å². The van der Waals surface area contributed by atoms with E-state index in [1.54, 1.807) is 25.3 Å². The Kier molecular flexibility index (Phi) is 5.84. The molecule has 0 atom stereocenters. The molecule has 7 nitrogen and oxygen atoms in total. The molecule has 138 valence electrons. The fourth-order valence-corrected chi connectivity index (χ4v) is 2.43. The molecule has 0 fully saturated rings. The van der Waals surface area contributed by atoms with E-state index in [2.05, 4.69) is 20.6 Å². The first kappa shape index (κ1) is 18.2. The Labute approximate surface area is 157 Å². The number of methoxy groups -OCH3 is 1. The summed E-state index contributed by atoms with van der Waals surface area (Å²) in [5.74, 6) is 1.53. The molecule has 2 aromatic carbocycles. The Bertz CT molecular complexity index is 913. The van der Waals surface area contributed by atoms with Crippen molar-refractivity contribution in [3.05, 3.63) is 66.6 Å². The van der Waals surface area contributed by atoms with E-state index in [0.717, 1.165) is 11.4 Å². The molecule has 3 aromatic rings. The lowest BCUT2D eigenvalue weighted by Gasteiger charge is -2.10. The highest BCUT2D eigenvalue weighted by Crippen LogP contribution is 2.24. The van der Waals surface area contributed by atoms with Gasteiger partial charge >= 0.3 is 0 Å². The Morgan fingerprint density at radius 1 is 1.07 bits per heavy atom. The Hall–Kier alpha value is -3.61. The van der Waals surface area contributed by atoms with Gasteiger partial charge in [0, 0.05) is 11.8 Å². The highest BCUT2D eigenvalue weighted by atomic mass is 16.5. The van der Waals surface area contributed by atoms with Gasteiger partial charge in [-0.15, -0.1) is 0 Å². The van der Waals surface area contributed by atoms with Gasteiger partial charge in [0.25, 0.3) is 5.91 Å². The third-order valence-electron chi connectivity index (χ3n) is 3.69. The summed E-state index contributed by atoms with van der Waals surface area (Å²) in [6.07, 6.45) is 1.34. The molecule has 0 bridgehead atoms. The monoisotopic (exact) mass is 364 g/mol. The molecule has 27 heavy (non-hydrogen) atoms. The molecule has 1 aromatic heterocycles. The fraction of sp³-hybridized carbons (Fsp3) is 0.150. The van der Waals surface area contributed by atoms with Gasteiger partial charge in [-0.1, -0.05) is 12.1 Å². The molecule has 0 aliphatic heterocycles. The topological polar surface area (TPSA) is 85.4 Å². The molecule has 1 amide bonds. The van der Waals surface area contributed by atoms with Crippen LogP contribution in [0.1, 0.15) is 17.4 Å². The van der Waals surface area contributed by atoms with Gasteiger partial charge < -0.3 is 20.1 Å². The zero-order valence-electron chi connectivity index (χ0n) is 15.1.